The molecule has 0 fully saturated rings. The first-order valence-electron chi connectivity index (χ1n) is 8.38. The summed E-state index contributed by atoms with van der Waals surface area (Å²) in [7, 11) is 0. The van der Waals surface area contributed by atoms with E-state index in [4.69, 9.17) is 23.2 Å². The second kappa shape index (κ2) is 7.43. The number of benzene rings is 3. The molecule has 0 amide bonds. The number of aliphatic hydroxyl groups is 1. The first kappa shape index (κ1) is 20.7. The van der Waals surface area contributed by atoms with Gasteiger partial charge in [0.25, 0.3) is 0 Å². The fourth-order valence-corrected chi connectivity index (χ4v) is 3.93. The molecule has 0 saturated heterocycles. The Balaban J connectivity index is 2.43. The first-order valence-corrected chi connectivity index (χ1v) is 9.13. The van der Waals surface area contributed by atoms with E-state index >= 15 is 0 Å². The summed E-state index contributed by atoms with van der Waals surface area (Å²) in [6, 6.07) is 7.55. The maximum atomic E-state index is 13.2. The molecule has 2 N–H and O–H groups in total. The minimum absolute atomic E-state index is 0.144. The normalized spacial score (nSPS) is 14.4. The lowest BCUT2D eigenvalue weighted by Crippen LogP contribution is -2.21. The van der Waals surface area contributed by atoms with Crippen LogP contribution in [0.2, 0.25) is 10.0 Å². The average Bonchev–Trinajstić information content (AvgIpc) is 2.60. The van der Waals surface area contributed by atoms with Crippen molar-refractivity contribution < 1.29 is 28.2 Å². The average molecular weight is 431 g/mol. The number of rotatable bonds is 4. The minimum Gasteiger partial charge on any atom is -0.481 e. The highest BCUT2D eigenvalue weighted by atomic mass is 35.5. The predicted octanol–water partition coefficient (Wildman–Crippen LogP) is 6.46. The van der Waals surface area contributed by atoms with Crippen LogP contribution in [0.15, 0.2) is 36.4 Å². The fourth-order valence-electron chi connectivity index (χ4n) is 3.38. The van der Waals surface area contributed by atoms with Crippen LogP contribution in [-0.2, 0) is 11.0 Å². The molecular formula is C20H15Cl2F3O3. The van der Waals surface area contributed by atoms with E-state index in [1.807, 2.05) is 0 Å². The summed E-state index contributed by atoms with van der Waals surface area (Å²) < 4.78 is 39.7. The topological polar surface area (TPSA) is 57.5 Å². The fraction of sp³-hybridized carbons (Fsp3) is 0.250. The minimum atomic E-state index is -4.56. The van der Waals surface area contributed by atoms with Crippen molar-refractivity contribution in [2.75, 3.05) is 0 Å². The van der Waals surface area contributed by atoms with Crippen LogP contribution in [0.4, 0.5) is 13.2 Å². The van der Waals surface area contributed by atoms with Crippen molar-refractivity contribution in [1.29, 1.82) is 0 Å². The number of alkyl halides is 3. The molecule has 0 spiro atoms. The molecule has 3 aromatic carbocycles. The molecule has 3 nitrogen and oxygen atoms in total. The molecule has 0 aliphatic rings. The van der Waals surface area contributed by atoms with Gasteiger partial charge in [-0.05, 0) is 58.5 Å². The van der Waals surface area contributed by atoms with Crippen LogP contribution in [0.5, 0.6) is 0 Å². The van der Waals surface area contributed by atoms with Gasteiger partial charge in [0.2, 0.25) is 0 Å². The Hall–Kier alpha value is -2.02. The number of carboxylic acids is 1. The summed E-state index contributed by atoms with van der Waals surface area (Å²) >= 11 is 12.3. The molecule has 0 aliphatic heterocycles. The van der Waals surface area contributed by atoms with Crippen molar-refractivity contribution in [3.8, 4) is 0 Å². The zero-order valence-corrected chi connectivity index (χ0v) is 16.0. The maximum absolute atomic E-state index is 13.2. The standard InChI is InChI=1S/C20H15Cl2F3O3/c1-2-11(19(27)28)18(26)16-8-15-14(6-10(21)7-17(15)22)13-5-9(20(23,24)25)3-4-12(13)16/h3-8,11,18,26H,2H2,1H3,(H,27,28). The van der Waals surface area contributed by atoms with Gasteiger partial charge in [0.15, 0.2) is 0 Å². The molecule has 2 atom stereocenters. The molecule has 0 saturated carbocycles. The second-order valence-corrected chi connectivity index (χ2v) is 7.35. The van der Waals surface area contributed by atoms with Gasteiger partial charge in [0.1, 0.15) is 0 Å². The zero-order chi connectivity index (χ0) is 20.8. The third-order valence-electron chi connectivity index (χ3n) is 4.80. The van der Waals surface area contributed by atoms with Gasteiger partial charge < -0.3 is 10.2 Å². The smallest absolute Gasteiger partial charge is 0.416 e. The van der Waals surface area contributed by atoms with Gasteiger partial charge in [-0.1, -0.05) is 36.2 Å². The molecule has 2 unspecified atom stereocenters. The van der Waals surface area contributed by atoms with Crippen LogP contribution in [0, 0.1) is 5.92 Å². The van der Waals surface area contributed by atoms with Crippen LogP contribution < -0.4 is 0 Å². The third-order valence-corrected chi connectivity index (χ3v) is 5.33. The highest BCUT2D eigenvalue weighted by molar-refractivity contribution is 6.39. The largest absolute Gasteiger partial charge is 0.481 e. The number of hydrogen-bond donors (Lipinski definition) is 2. The number of carbonyl (C=O) groups is 1. The molecule has 3 rings (SSSR count). The summed E-state index contributed by atoms with van der Waals surface area (Å²) in [5.41, 5.74) is -0.663. The molecule has 3 aromatic rings. The van der Waals surface area contributed by atoms with Gasteiger partial charge in [-0.3, -0.25) is 4.79 Å². The van der Waals surface area contributed by atoms with Gasteiger partial charge in [0.05, 0.1) is 17.6 Å². The van der Waals surface area contributed by atoms with E-state index in [9.17, 15) is 28.2 Å². The SMILES string of the molecule is CCC(C(=O)O)C(O)c1cc2c(Cl)cc(Cl)cc2c2cc(C(F)(F)F)ccc12. The van der Waals surface area contributed by atoms with Crippen LogP contribution in [0.1, 0.15) is 30.6 Å². The van der Waals surface area contributed by atoms with Crippen molar-refractivity contribution in [1.82, 2.24) is 0 Å². The molecule has 8 heteroatoms. The molecule has 0 aliphatic carbocycles. The Bertz CT molecular complexity index is 1080. The van der Waals surface area contributed by atoms with E-state index in [2.05, 4.69) is 0 Å². The van der Waals surface area contributed by atoms with Crippen molar-refractivity contribution in [3.63, 3.8) is 0 Å². The lowest BCUT2D eigenvalue weighted by Gasteiger charge is -2.22. The predicted molar refractivity (Wildman–Crippen MR) is 103 cm³/mol. The van der Waals surface area contributed by atoms with E-state index < -0.39 is 29.7 Å². The van der Waals surface area contributed by atoms with Crippen molar-refractivity contribution in [2.24, 2.45) is 5.92 Å². The highest BCUT2D eigenvalue weighted by Gasteiger charge is 2.32. The molecule has 148 valence electrons. The van der Waals surface area contributed by atoms with Gasteiger partial charge in [-0.25, -0.2) is 0 Å². The third kappa shape index (κ3) is 3.64. The molecule has 0 bridgehead atoms. The summed E-state index contributed by atoms with van der Waals surface area (Å²) in [5.74, 6) is -2.31. The lowest BCUT2D eigenvalue weighted by atomic mass is 9.87. The Kier molecular flexibility index (Phi) is 5.49. The number of halogens is 5. The molecule has 0 radical (unpaired) electrons. The number of aliphatic carboxylic acids is 1. The van der Waals surface area contributed by atoms with Crippen LogP contribution in [0.3, 0.4) is 0 Å². The van der Waals surface area contributed by atoms with Crippen LogP contribution in [-0.4, -0.2) is 16.2 Å². The summed E-state index contributed by atoms with van der Waals surface area (Å²) in [5, 5.41) is 21.8. The van der Waals surface area contributed by atoms with Gasteiger partial charge in [0, 0.05) is 15.4 Å². The molecule has 28 heavy (non-hydrogen) atoms. The van der Waals surface area contributed by atoms with E-state index in [1.165, 1.54) is 24.3 Å². The van der Waals surface area contributed by atoms with E-state index in [1.54, 1.807) is 6.92 Å². The summed E-state index contributed by atoms with van der Waals surface area (Å²) in [4.78, 5) is 11.5. The Labute approximate surface area is 168 Å². The monoisotopic (exact) mass is 430 g/mol. The quantitative estimate of drug-likeness (QED) is 0.466. The van der Waals surface area contributed by atoms with Crippen molar-refractivity contribution in [3.05, 3.63) is 57.6 Å². The first-order chi connectivity index (χ1) is 13.0. The second-order valence-electron chi connectivity index (χ2n) is 6.50. The highest BCUT2D eigenvalue weighted by Crippen LogP contribution is 2.41. The van der Waals surface area contributed by atoms with Crippen molar-refractivity contribution >= 4 is 50.7 Å². The van der Waals surface area contributed by atoms with Gasteiger partial charge >= 0.3 is 12.1 Å². The number of carboxylic acid groups (broad SMARTS) is 1. The lowest BCUT2D eigenvalue weighted by molar-refractivity contribution is -0.146. The Morgan fingerprint density at radius 2 is 1.68 bits per heavy atom. The Morgan fingerprint density at radius 1 is 1.04 bits per heavy atom. The summed E-state index contributed by atoms with van der Waals surface area (Å²) in [6.45, 7) is 1.61. The van der Waals surface area contributed by atoms with E-state index in [-0.39, 0.29) is 27.4 Å². The van der Waals surface area contributed by atoms with Gasteiger partial charge in [-0.2, -0.15) is 13.2 Å². The zero-order valence-electron chi connectivity index (χ0n) is 14.5. The molecular weight excluding hydrogens is 416 g/mol. The van der Waals surface area contributed by atoms with Gasteiger partial charge in [-0.15, -0.1) is 0 Å². The number of fused-ring (bicyclic) bond motifs is 3. The maximum Gasteiger partial charge on any atom is 0.416 e. The number of hydrogen-bond acceptors (Lipinski definition) is 2. The molecule has 0 heterocycles. The molecule has 0 aromatic heterocycles. The van der Waals surface area contributed by atoms with Crippen LogP contribution in [0.25, 0.3) is 21.5 Å². The van der Waals surface area contributed by atoms with E-state index in [0.29, 0.717) is 16.2 Å². The van der Waals surface area contributed by atoms with Crippen LogP contribution >= 0.6 is 23.2 Å². The summed E-state index contributed by atoms with van der Waals surface area (Å²) in [6.07, 6.45) is -5.84. The van der Waals surface area contributed by atoms with Crippen molar-refractivity contribution in [2.45, 2.75) is 25.6 Å². The van der Waals surface area contributed by atoms with E-state index in [0.717, 1.165) is 12.1 Å². The number of aliphatic hydroxyl groups excluding tert-OH is 1. The Morgan fingerprint density at radius 3 is 2.25 bits per heavy atom.